The van der Waals surface area contributed by atoms with Crippen LogP contribution in [0.15, 0.2) is 34.7 Å². The maximum absolute atomic E-state index is 12.9. The van der Waals surface area contributed by atoms with E-state index in [1.807, 2.05) is 32.0 Å². The summed E-state index contributed by atoms with van der Waals surface area (Å²) in [5.41, 5.74) is 2.09. The molecule has 2 amide bonds. The van der Waals surface area contributed by atoms with Crippen molar-refractivity contribution in [2.24, 2.45) is 5.92 Å². The van der Waals surface area contributed by atoms with Crippen LogP contribution in [0.5, 0.6) is 0 Å². The van der Waals surface area contributed by atoms with Crippen LogP contribution in [0, 0.1) is 5.92 Å². The fourth-order valence-electron chi connectivity index (χ4n) is 3.37. The number of aryl methyl sites for hydroxylation is 2. The second-order valence-electron chi connectivity index (χ2n) is 7.40. The smallest absolute Gasteiger partial charge is 0.245 e. The number of amides is 2. The van der Waals surface area contributed by atoms with Crippen molar-refractivity contribution < 1.29 is 14.0 Å². The Hall–Kier alpha value is -2.63. The molecule has 0 spiro atoms. The number of nitrogens with zero attached hydrogens (tertiary/aromatic N) is 2. The van der Waals surface area contributed by atoms with Gasteiger partial charge in [0.15, 0.2) is 5.89 Å². The Morgan fingerprint density at radius 3 is 2.63 bits per heavy atom. The van der Waals surface area contributed by atoms with Crippen molar-refractivity contribution in [3.63, 3.8) is 0 Å². The maximum atomic E-state index is 12.9. The van der Waals surface area contributed by atoms with Gasteiger partial charge in [0.25, 0.3) is 0 Å². The number of hydrogen-bond acceptors (Lipinski definition) is 4. The number of benzene rings is 1. The van der Waals surface area contributed by atoms with E-state index in [9.17, 15) is 9.59 Å². The van der Waals surface area contributed by atoms with E-state index >= 15 is 0 Å². The van der Waals surface area contributed by atoms with E-state index in [0.29, 0.717) is 19.5 Å². The van der Waals surface area contributed by atoms with E-state index in [-0.39, 0.29) is 17.7 Å². The molecule has 1 N–H and O–H groups in total. The van der Waals surface area contributed by atoms with Crippen LogP contribution in [0.2, 0.25) is 0 Å². The van der Waals surface area contributed by atoms with Crippen LogP contribution in [-0.2, 0) is 35.4 Å². The summed E-state index contributed by atoms with van der Waals surface area (Å²) < 4.78 is 5.91. The normalized spacial score (nSPS) is 14.7. The van der Waals surface area contributed by atoms with Crippen molar-refractivity contribution in [1.82, 2.24) is 15.2 Å². The molecule has 1 aliphatic heterocycles. The molecule has 0 saturated carbocycles. The summed E-state index contributed by atoms with van der Waals surface area (Å²) in [6, 6.07) is 9.74. The molecule has 2 aromatic rings. The predicted molar refractivity (Wildman–Crippen MR) is 102 cm³/mol. The third kappa shape index (κ3) is 4.76. The summed E-state index contributed by atoms with van der Waals surface area (Å²) in [4.78, 5) is 30.7. The summed E-state index contributed by atoms with van der Waals surface area (Å²) in [6.07, 6.45) is 2.27. The van der Waals surface area contributed by atoms with Crippen LogP contribution in [0.1, 0.15) is 43.7 Å². The van der Waals surface area contributed by atoms with Crippen LogP contribution in [0.4, 0.5) is 0 Å². The SMILES string of the molecule is CC(=O)NC(C(=O)N1CCc2oc(CCc3ccccc3)nc2C1)C(C)C. The molecule has 2 heterocycles. The summed E-state index contributed by atoms with van der Waals surface area (Å²) >= 11 is 0. The van der Waals surface area contributed by atoms with Crippen LogP contribution < -0.4 is 5.32 Å². The highest BCUT2D eigenvalue weighted by atomic mass is 16.4. The maximum Gasteiger partial charge on any atom is 0.245 e. The molecule has 6 nitrogen and oxygen atoms in total. The van der Waals surface area contributed by atoms with Gasteiger partial charge in [-0.1, -0.05) is 44.2 Å². The first-order chi connectivity index (χ1) is 12.9. The molecule has 1 atom stereocenters. The molecule has 0 bridgehead atoms. The largest absolute Gasteiger partial charge is 0.445 e. The van der Waals surface area contributed by atoms with E-state index < -0.39 is 6.04 Å². The average molecular weight is 369 g/mol. The van der Waals surface area contributed by atoms with Gasteiger partial charge in [-0.05, 0) is 17.9 Å². The molecule has 1 unspecified atom stereocenters. The van der Waals surface area contributed by atoms with Crippen molar-refractivity contribution in [2.45, 2.75) is 52.6 Å². The lowest BCUT2D eigenvalue weighted by Crippen LogP contribution is -2.51. The van der Waals surface area contributed by atoms with Crippen molar-refractivity contribution in [3.8, 4) is 0 Å². The molecule has 27 heavy (non-hydrogen) atoms. The number of nitrogens with one attached hydrogen (secondary N) is 1. The zero-order valence-electron chi connectivity index (χ0n) is 16.2. The van der Waals surface area contributed by atoms with E-state index in [1.165, 1.54) is 12.5 Å². The van der Waals surface area contributed by atoms with Gasteiger partial charge >= 0.3 is 0 Å². The van der Waals surface area contributed by atoms with Crippen LogP contribution in [-0.4, -0.2) is 34.3 Å². The zero-order chi connectivity index (χ0) is 19.4. The predicted octanol–water partition coefficient (Wildman–Crippen LogP) is 2.51. The van der Waals surface area contributed by atoms with Crippen molar-refractivity contribution in [1.29, 1.82) is 0 Å². The van der Waals surface area contributed by atoms with Crippen molar-refractivity contribution in [2.75, 3.05) is 6.54 Å². The van der Waals surface area contributed by atoms with Crippen LogP contribution in [0.3, 0.4) is 0 Å². The van der Waals surface area contributed by atoms with Gasteiger partial charge in [-0.2, -0.15) is 0 Å². The van der Waals surface area contributed by atoms with E-state index in [1.54, 1.807) is 4.90 Å². The molecular formula is C21H27N3O3. The number of carbonyl (C=O) groups excluding carboxylic acids is 2. The Balaban J connectivity index is 1.64. The average Bonchev–Trinajstić information content (AvgIpc) is 3.06. The van der Waals surface area contributed by atoms with Gasteiger partial charge in [-0.25, -0.2) is 4.98 Å². The first-order valence-corrected chi connectivity index (χ1v) is 9.51. The second kappa shape index (κ2) is 8.37. The molecule has 3 rings (SSSR count). The highest BCUT2D eigenvalue weighted by Gasteiger charge is 2.31. The van der Waals surface area contributed by atoms with Crippen molar-refractivity contribution in [3.05, 3.63) is 53.2 Å². The third-order valence-corrected chi connectivity index (χ3v) is 4.85. The highest BCUT2D eigenvalue weighted by molar-refractivity contribution is 5.87. The summed E-state index contributed by atoms with van der Waals surface area (Å²) in [5.74, 6) is 1.38. The lowest BCUT2D eigenvalue weighted by Gasteiger charge is -2.31. The molecule has 1 aromatic carbocycles. The molecule has 1 aromatic heterocycles. The zero-order valence-corrected chi connectivity index (χ0v) is 16.2. The Morgan fingerprint density at radius 1 is 1.22 bits per heavy atom. The van der Waals surface area contributed by atoms with Gasteiger partial charge in [0.1, 0.15) is 17.5 Å². The van der Waals surface area contributed by atoms with E-state index in [2.05, 4.69) is 22.4 Å². The Kier molecular flexibility index (Phi) is 5.94. The fourth-order valence-corrected chi connectivity index (χ4v) is 3.37. The van der Waals surface area contributed by atoms with Gasteiger partial charge < -0.3 is 14.6 Å². The molecule has 0 fully saturated rings. The van der Waals surface area contributed by atoms with Gasteiger partial charge in [0.05, 0.1) is 6.54 Å². The Bertz CT molecular complexity index is 798. The minimum atomic E-state index is -0.506. The summed E-state index contributed by atoms with van der Waals surface area (Å²) in [7, 11) is 0. The molecule has 0 radical (unpaired) electrons. The number of carbonyl (C=O) groups is 2. The van der Waals surface area contributed by atoms with Gasteiger partial charge in [-0.15, -0.1) is 0 Å². The minimum absolute atomic E-state index is 0.0292. The highest BCUT2D eigenvalue weighted by Crippen LogP contribution is 2.22. The lowest BCUT2D eigenvalue weighted by atomic mass is 10.0. The molecule has 6 heteroatoms. The minimum Gasteiger partial charge on any atom is -0.445 e. The van der Waals surface area contributed by atoms with Crippen LogP contribution in [0.25, 0.3) is 0 Å². The van der Waals surface area contributed by atoms with Gasteiger partial charge in [-0.3, -0.25) is 9.59 Å². The lowest BCUT2D eigenvalue weighted by molar-refractivity contribution is -0.138. The fraction of sp³-hybridized carbons (Fsp3) is 0.476. The first-order valence-electron chi connectivity index (χ1n) is 9.51. The number of aromatic nitrogens is 1. The third-order valence-electron chi connectivity index (χ3n) is 4.85. The van der Waals surface area contributed by atoms with Crippen LogP contribution >= 0.6 is 0 Å². The van der Waals surface area contributed by atoms with Crippen molar-refractivity contribution >= 4 is 11.8 Å². The van der Waals surface area contributed by atoms with E-state index in [4.69, 9.17) is 4.42 Å². The molecule has 0 saturated heterocycles. The quantitative estimate of drug-likeness (QED) is 0.849. The molecule has 144 valence electrons. The standard InChI is InChI=1S/C21H27N3O3/c1-14(2)20(22-15(3)25)21(26)24-12-11-18-17(13-24)23-19(27-18)10-9-16-7-5-4-6-8-16/h4-8,14,20H,9-13H2,1-3H3,(H,22,25). The molecule has 0 aliphatic carbocycles. The van der Waals surface area contributed by atoms with Gasteiger partial charge in [0.2, 0.25) is 11.8 Å². The molecular weight excluding hydrogens is 342 g/mol. The van der Waals surface area contributed by atoms with E-state index in [0.717, 1.165) is 30.2 Å². The first kappa shape index (κ1) is 19.1. The Morgan fingerprint density at radius 2 is 1.96 bits per heavy atom. The molecule has 1 aliphatic rings. The number of oxazole rings is 1. The summed E-state index contributed by atoms with van der Waals surface area (Å²) in [5, 5.41) is 2.77. The Labute approximate surface area is 160 Å². The second-order valence-corrected chi connectivity index (χ2v) is 7.40. The monoisotopic (exact) mass is 369 g/mol. The van der Waals surface area contributed by atoms with Gasteiger partial charge in [0, 0.05) is 26.3 Å². The number of hydrogen-bond donors (Lipinski definition) is 1. The summed E-state index contributed by atoms with van der Waals surface area (Å²) in [6.45, 7) is 6.33. The topological polar surface area (TPSA) is 75.4 Å². The number of rotatable bonds is 6. The number of fused-ring (bicyclic) bond motifs is 1.